The van der Waals surface area contributed by atoms with Crippen LogP contribution in [-0.4, -0.2) is 22.6 Å². The van der Waals surface area contributed by atoms with Crippen LogP contribution < -0.4 is 10.1 Å². The van der Waals surface area contributed by atoms with Crippen molar-refractivity contribution < 1.29 is 4.74 Å². The van der Waals surface area contributed by atoms with E-state index in [4.69, 9.17) is 4.74 Å². The van der Waals surface area contributed by atoms with Gasteiger partial charge in [0.2, 0.25) is 5.88 Å². The minimum Gasteiger partial charge on any atom is -0.478 e. The van der Waals surface area contributed by atoms with Gasteiger partial charge in [0.15, 0.2) is 0 Å². The molecule has 19 heavy (non-hydrogen) atoms. The largest absolute Gasteiger partial charge is 0.478 e. The average molecular weight is 263 g/mol. The Balaban J connectivity index is 2.01. The van der Waals surface area contributed by atoms with Crippen molar-refractivity contribution in [3.63, 3.8) is 0 Å². The summed E-state index contributed by atoms with van der Waals surface area (Å²) < 4.78 is 5.47. The second-order valence-corrected chi connectivity index (χ2v) is 5.35. The van der Waals surface area contributed by atoms with Gasteiger partial charge < -0.3 is 10.1 Å². The van der Waals surface area contributed by atoms with E-state index in [1.807, 2.05) is 19.9 Å². The highest BCUT2D eigenvalue weighted by Crippen LogP contribution is 2.28. The number of aryl methyl sites for hydroxylation is 1. The molecule has 1 aliphatic rings. The molecule has 1 aromatic heterocycles. The number of rotatable bonds is 5. The lowest BCUT2D eigenvalue weighted by molar-refractivity contribution is 0.322. The van der Waals surface area contributed by atoms with Gasteiger partial charge in [0.05, 0.1) is 6.61 Å². The lowest BCUT2D eigenvalue weighted by atomic mass is 9.84. The van der Waals surface area contributed by atoms with Crippen molar-refractivity contribution in [1.29, 1.82) is 0 Å². The molecule has 1 heterocycles. The quantitative estimate of drug-likeness (QED) is 0.882. The number of ether oxygens (including phenoxy) is 1. The van der Waals surface area contributed by atoms with Crippen LogP contribution in [0.5, 0.6) is 5.88 Å². The second kappa shape index (κ2) is 6.73. The predicted molar refractivity (Wildman–Crippen MR) is 77.6 cm³/mol. The van der Waals surface area contributed by atoms with Crippen LogP contribution in [0.25, 0.3) is 0 Å². The number of anilines is 1. The van der Waals surface area contributed by atoms with Crippen molar-refractivity contribution in [2.45, 2.75) is 58.9 Å². The highest BCUT2D eigenvalue weighted by Gasteiger charge is 2.21. The Kier molecular flexibility index (Phi) is 5.00. The summed E-state index contributed by atoms with van der Waals surface area (Å²) in [5, 5.41) is 3.55. The molecule has 4 nitrogen and oxygen atoms in total. The predicted octanol–water partition coefficient (Wildman–Crippen LogP) is 3.56. The first-order valence-corrected chi connectivity index (χ1v) is 7.46. The third kappa shape index (κ3) is 4.08. The molecule has 2 unspecified atom stereocenters. The highest BCUT2D eigenvalue weighted by atomic mass is 16.5. The molecule has 0 aliphatic heterocycles. The smallest absolute Gasteiger partial charge is 0.218 e. The van der Waals surface area contributed by atoms with Gasteiger partial charge in [-0.3, -0.25) is 0 Å². The first kappa shape index (κ1) is 14.1. The van der Waals surface area contributed by atoms with Crippen LogP contribution in [0.4, 0.5) is 5.82 Å². The molecular formula is C15H25N3O. The van der Waals surface area contributed by atoms with Gasteiger partial charge in [-0.15, -0.1) is 0 Å². The molecule has 0 aromatic carbocycles. The Morgan fingerprint density at radius 2 is 2.16 bits per heavy atom. The summed E-state index contributed by atoms with van der Waals surface area (Å²) >= 11 is 0. The van der Waals surface area contributed by atoms with Gasteiger partial charge in [0, 0.05) is 12.1 Å². The normalized spacial score (nSPS) is 23.1. The lowest BCUT2D eigenvalue weighted by Gasteiger charge is -2.29. The molecule has 4 heteroatoms. The summed E-state index contributed by atoms with van der Waals surface area (Å²) in [6.07, 6.45) is 6.47. The van der Waals surface area contributed by atoms with E-state index in [1.165, 1.54) is 32.1 Å². The monoisotopic (exact) mass is 263 g/mol. The molecule has 1 fully saturated rings. The molecule has 0 radical (unpaired) electrons. The SMILES string of the molecule is CCOc1cc(NC2CCCC(CC)C2)nc(C)n1. The van der Waals surface area contributed by atoms with Crippen LogP contribution in [0.1, 0.15) is 51.8 Å². The summed E-state index contributed by atoms with van der Waals surface area (Å²) in [5.41, 5.74) is 0. The third-order valence-corrected chi connectivity index (χ3v) is 3.82. The average Bonchev–Trinajstić information content (AvgIpc) is 2.38. The van der Waals surface area contributed by atoms with Gasteiger partial charge in [0.1, 0.15) is 11.6 Å². The van der Waals surface area contributed by atoms with Crippen LogP contribution in [-0.2, 0) is 0 Å². The molecular weight excluding hydrogens is 238 g/mol. The maximum atomic E-state index is 5.47. The standard InChI is InChI=1S/C15H25N3O/c1-4-12-7-6-8-13(9-12)18-14-10-15(19-5-2)17-11(3)16-14/h10,12-13H,4-9H2,1-3H3,(H,16,17,18). The summed E-state index contributed by atoms with van der Waals surface area (Å²) in [6.45, 7) is 6.80. The third-order valence-electron chi connectivity index (χ3n) is 3.82. The molecule has 0 spiro atoms. The summed E-state index contributed by atoms with van der Waals surface area (Å²) in [7, 11) is 0. The van der Waals surface area contributed by atoms with E-state index in [0.717, 1.165) is 17.6 Å². The lowest BCUT2D eigenvalue weighted by Crippen LogP contribution is -2.27. The van der Waals surface area contributed by atoms with Crippen molar-refractivity contribution in [2.75, 3.05) is 11.9 Å². The summed E-state index contributed by atoms with van der Waals surface area (Å²) in [5.74, 6) is 3.19. The van der Waals surface area contributed by atoms with Crippen molar-refractivity contribution >= 4 is 5.82 Å². The number of nitrogens with zero attached hydrogens (tertiary/aromatic N) is 2. The Labute approximate surface area is 116 Å². The van der Waals surface area contributed by atoms with E-state index >= 15 is 0 Å². The van der Waals surface area contributed by atoms with E-state index in [0.29, 0.717) is 18.5 Å². The Hall–Kier alpha value is -1.32. The van der Waals surface area contributed by atoms with E-state index < -0.39 is 0 Å². The molecule has 0 saturated heterocycles. The van der Waals surface area contributed by atoms with Crippen LogP contribution in [0.3, 0.4) is 0 Å². The second-order valence-electron chi connectivity index (χ2n) is 5.35. The topological polar surface area (TPSA) is 47.0 Å². The van der Waals surface area contributed by atoms with Crippen molar-refractivity contribution in [2.24, 2.45) is 5.92 Å². The molecule has 0 amide bonds. The van der Waals surface area contributed by atoms with Gasteiger partial charge >= 0.3 is 0 Å². The fourth-order valence-electron chi connectivity index (χ4n) is 2.84. The fourth-order valence-corrected chi connectivity index (χ4v) is 2.84. The van der Waals surface area contributed by atoms with E-state index in [1.54, 1.807) is 0 Å². The number of hydrogen-bond acceptors (Lipinski definition) is 4. The molecule has 2 rings (SSSR count). The number of aromatic nitrogens is 2. The van der Waals surface area contributed by atoms with Gasteiger partial charge in [-0.05, 0) is 32.6 Å². The molecule has 0 bridgehead atoms. The van der Waals surface area contributed by atoms with Crippen molar-refractivity contribution in [3.05, 3.63) is 11.9 Å². The number of hydrogen-bond donors (Lipinski definition) is 1. The molecule has 106 valence electrons. The molecule has 2 atom stereocenters. The Bertz CT molecular complexity index is 408. The van der Waals surface area contributed by atoms with Crippen molar-refractivity contribution in [3.8, 4) is 5.88 Å². The highest BCUT2D eigenvalue weighted by molar-refractivity contribution is 5.39. The van der Waals surface area contributed by atoms with Gasteiger partial charge in [-0.25, -0.2) is 4.98 Å². The van der Waals surface area contributed by atoms with Gasteiger partial charge in [-0.1, -0.05) is 26.2 Å². The van der Waals surface area contributed by atoms with Crippen LogP contribution in [0.15, 0.2) is 6.07 Å². The summed E-state index contributed by atoms with van der Waals surface area (Å²) in [6, 6.07) is 2.45. The Morgan fingerprint density at radius 1 is 1.32 bits per heavy atom. The number of nitrogens with one attached hydrogen (secondary N) is 1. The molecule has 1 aliphatic carbocycles. The zero-order chi connectivity index (χ0) is 13.7. The zero-order valence-corrected chi connectivity index (χ0v) is 12.3. The molecule has 1 aromatic rings. The van der Waals surface area contributed by atoms with Gasteiger partial charge in [-0.2, -0.15) is 4.98 Å². The Morgan fingerprint density at radius 3 is 2.89 bits per heavy atom. The van der Waals surface area contributed by atoms with E-state index in [-0.39, 0.29) is 0 Å². The fraction of sp³-hybridized carbons (Fsp3) is 0.733. The van der Waals surface area contributed by atoms with Crippen LogP contribution in [0.2, 0.25) is 0 Å². The minimum atomic E-state index is 0.544. The van der Waals surface area contributed by atoms with Crippen LogP contribution >= 0.6 is 0 Å². The molecule has 1 saturated carbocycles. The van der Waals surface area contributed by atoms with Crippen LogP contribution in [0, 0.1) is 12.8 Å². The first-order chi connectivity index (χ1) is 9.21. The maximum Gasteiger partial charge on any atom is 0.218 e. The first-order valence-electron chi connectivity index (χ1n) is 7.46. The van der Waals surface area contributed by atoms with Gasteiger partial charge in [0.25, 0.3) is 0 Å². The van der Waals surface area contributed by atoms with E-state index in [2.05, 4.69) is 22.2 Å². The van der Waals surface area contributed by atoms with E-state index in [9.17, 15) is 0 Å². The van der Waals surface area contributed by atoms with Crippen molar-refractivity contribution in [1.82, 2.24) is 9.97 Å². The summed E-state index contributed by atoms with van der Waals surface area (Å²) in [4.78, 5) is 8.73. The molecule has 1 N–H and O–H groups in total. The maximum absolute atomic E-state index is 5.47. The minimum absolute atomic E-state index is 0.544. The zero-order valence-electron chi connectivity index (χ0n) is 12.3.